The molecular weight excluding hydrogens is 354 g/mol. The molecule has 0 aliphatic carbocycles. The molecule has 2 aromatic heterocycles. The summed E-state index contributed by atoms with van der Waals surface area (Å²) < 4.78 is 27.4. The largest absolute Gasteiger partial charge is 0.278 e. The van der Waals surface area contributed by atoms with Crippen molar-refractivity contribution in [3.05, 3.63) is 45.9 Å². The lowest BCUT2D eigenvalue weighted by Crippen LogP contribution is -2.15. The van der Waals surface area contributed by atoms with Crippen LogP contribution in [0.25, 0.3) is 0 Å². The lowest BCUT2D eigenvalue weighted by molar-refractivity contribution is 0.601. The zero-order chi connectivity index (χ0) is 14.0. The Kier molecular flexibility index (Phi) is 4.07. The van der Waals surface area contributed by atoms with Gasteiger partial charge in [0.05, 0.1) is 11.4 Å². The average molecular weight is 363 g/mol. The van der Waals surface area contributed by atoms with Crippen LogP contribution in [-0.2, 0) is 10.0 Å². The van der Waals surface area contributed by atoms with E-state index in [-0.39, 0.29) is 10.0 Å². The Bertz CT molecular complexity index is 722. The summed E-state index contributed by atoms with van der Waals surface area (Å²) in [5, 5.41) is -0.0716. The first-order valence-electron chi connectivity index (χ1n) is 5.16. The van der Waals surface area contributed by atoms with E-state index in [4.69, 9.17) is 11.6 Å². The summed E-state index contributed by atoms with van der Waals surface area (Å²) in [6, 6.07) is 6.16. The Balaban J connectivity index is 2.40. The van der Waals surface area contributed by atoms with Crippen LogP contribution in [0.2, 0.25) is 5.15 Å². The number of pyridine rings is 2. The number of hydrogen-bond donors (Lipinski definition) is 1. The van der Waals surface area contributed by atoms with Crippen LogP contribution in [0.4, 0.5) is 5.69 Å². The highest BCUT2D eigenvalue weighted by Gasteiger charge is 2.19. The molecule has 0 saturated carbocycles. The zero-order valence-corrected chi connectivity index (χ0v) is 12.9. The second-order valence-electron chi connectivity index (χ2n) is 3.66. The molecule has 19 heavy (non-hydrogen) atoms. The molecule has 0 amide bonds. The van der Waals surface area contributed by atoms with Crippen LogP contribution in [0.5, 0.6) is 0 Å². The molecule has 0 bridgehead atoms. The van der Waals surface area contributed by atoms with Gasteiger partial charge in [-0.3, -0.25) is 4.72 Å². The predicted octanol–water partition coefficient (Wildman–Crippen LogP) is 3.00. The van der Waals surface area contributed by atoms with E-state index < -0.39 is 10.0 Å². The van der Waals surface area contributed by atoms with Gasteiger partial charge in [-0.2, -0.15) is 0 Å². The Hall–Kier alpha value is -1.18. The third-order valence-corrected chi connectivity index (χ3v) is 4.56. The molecule has 0 aliphatic rings. The van der Waals surface area contributed by atoms with Crippen molar-refractivity contribution in [1.29, 1.82) is 0 Å². The quantitative estimate of drug-likeness (QED) is 0.852. The maximum Gasteiger partial charge on any atom is 0.265 e. The molecule has 5 nitrogen and oxygen atoms in total. The Morgan fingerprint density at radius 3 is 2.68 bits per heavy atom. The smallest absolute Gasteiger partial charge is 0.265 e. The van der Waals surface area contributed by atoms with Gasteiger partial charge in [-0.25, -0.2) is 18.4 Å². The molecule has 0 spiro atoms. The number of rotatable bonds is 3. The molecule has 100 valence electrons. The minimum atomic E-state index is -3.78. The van der Waals surface area contributed by atoms with Crippen molar-refractivity contribution in [3.63, 3.8) is 0 Å². The van der Waals surface area contributed by atoms with Gasteiger partial charge in [-0.15, -0.1) is 0 Å². The van der Waals surface area contributed by atoms with Crippen LogP contribution in [0, 0.1) is 6.92 Å². The van der Waals surface area contributed by atoms with Crippen LogP contribution in [0.15, 0.2) is 40.0 Å². The molecule has 0 saturated heterocycles. The summed E-state index contributed by atoms with van der Waals surface area (Å²) >= 11 is 9.00. The predicted molar refractivity (Wildman–Crippen MR) is 76.7 cm³/mol. The molecular formula is C11H9BrClN3O2S. The van der Waals surface area contributed by atoms with Crippen LogP contribution >= 0.6 is 27.5 Å². The number of sulfonamides is 1. The number of nitrogens with one attached hydrogen (secondary N) is 1. The molecule has 1 N–H and O–H groups in total. The standard InChI is InChI=1S/C11H9BrClN3O2S/c1-7-8(4-5-10(12)15-7)16-19(17,18)9-3-2-6-14-11(9)13/h2-6,16H,1H3. The van der Waals surface area contributed by atoms with E-state index in [1.807, 2.05) is 0 Å². The van der Waals surface area contributed by atoms with Gasteiger partial charge in [-0.05, 0) is 47.1 Å². The van der Waals surface area contributed by atoms with Gasteiger partial charge in [0.1, 0.15) is 14.7 Å². The fourth-order valence-corrected chi connectivity index (χ4v) is 3.38. The second-order valence-corrected chi connectivity index (χ2v) is 6.49. The first-order valence-corrected chi connectivity index (χ1v) is 7.82. The van der Waals surface area contributed by atoms with Gasteiger partial charge in [0.15, 0.2) is 0 Å². The van der Waals surface area contributed by atoms with Crippen molar-refractivity contribution < 1.29 is 8.42 Å². The molecule has 0 fully saturated rings. The summed E-state index contributed by atoms with van der Waals surface area (Å²) in [5.41, 5.74) is 0.945. The average Bonchev–Trinajstić information content (AvgIpc) is 2.33. The zero-order valence-electron chi connectivity index (χ0n) is 9.76. The molecule has 8 heteroatoms. The third kappa shape index (κ3) is 3.23. The fourth-order valence-electron chi connectivity index (χ4n) is 1.41. The van der Waals surface area contributed by atoms with Crippen molar-refractivity contribution in [1.82, 2.24) is 9.97 Å². The van der Waals surface area contributed by atoms with Gasteiger partial charge in [0.2, 0.25) is 0 Å². The molecule has 2 rings (SSSR count). The van der Waals surface area contributed by atoms with Gasteiger partial charge < -0.3 is 0 Å². The highest BCUT2D eigenvalue weighted by atomic mass is 79.9. The van der Waals surface area contributed by atoms with Crippen molar-refractivity contribution in [3.8, 4) is 0 Å². The van der Waals surface area contributed by atoms with Crippen LogP contribution in [0.1, 0.15) is 5.69 Å². The Morgan fingerprint density at radius 1 is 1.32 bits per heavy atom. The molecule has 0 unspecified atom stereocenters. The van der Waals surface area contributed by atoms with E-state index in [0.29, 0.717) is 16.0 Å². The number of nitrogens with zero attached hydrogens (tertiary/aromatic N) is 2. The van der Waals surface area contributed by atoms with Crippen molar-refractivity contribution in [2.75, 3.05) is 4.72 Å². The maximum absolute atomic E-state index is 12.2. The molecule has 0 aliphatic heterocycles. The van der Waals surface area contributed by atoms with Crippen LogP contribution in [0.3, 0.4) is 0 Å². The summed E-state index contributed by atoms with van der Waals surface area (Å²) in [7, 11) is -3.78. The summed E-state index contributed by atoms with van der Waals surface area (Å²) in [6.45, 7) is 1.70. The summed E-state index contributed by atoms with van der Waals surface area (Å²) in [5.74, 6) is 0. The molecule has 2 aromatic rings. The van der Waals surface area contributed by atoms with E-state index in [9.17, 15) is 8.42 Å². The van der Waals surface area contributed by atoms with Gasteiger partial charge in [0.25, 0.3) is 10.0 Å². The molecule has 2 heterocycles. The first-order chi connectivity index (χ1) is 8.90. The highest BCUT2D eigenvalue weighted by Crippen LogP contribution is 2.23. The van der Waals surface area contributed by atoms with E-state index in [2.05, 4.69) is 30.6 Å². The lowest BCUT2D eigenvalue weighted by Gasteiger charge is -2.10. The maximum atomic E-state index is 12.2. The molecule has 0 atom stereocenters. The second kappa shape index (κ2) is 5.44. The van der Waals surface area contributed by atoms with E-state index in [0.717, 1.165) is 0 Å². The van der Waals surface area contributed by atoms with Crippen LogP contribution < -0.4 is 4.72 Å². The third-order valence-electron chi connectivity index (χ3n) is 2.31. The minimum Gasteiger partial charge on any atom is -0.278 e. The van der Waals surface area contributed by atoms with Gasteiger partial charge in [0, 0.05) is 6.20 Å². The minimum absolute atomic E-state index is 0.0704. The van der Waals surface area contributed by atoms with Crippen molar-refractivity contribution >= 4 is 43.2 Å². The number of aryl methyl sites for hydroxylation is 1. The highest BCUT2D eigenvalue weighted by molar-refractivity contribution is 9.10. The van der Waals surface area contributed by atoms with E-state index >= 15 is 0 Å². The van der Waals surface area contributed by atoms with E-state index in [1.54, 1.807) is 19.1 Å². The first kappa shape index (κ1) is 14.2. The number of aromatic nitrogens is 2. The fraction of sp³-hybridized carbons (Fsp3) is 0.0909. The van der Waals surface area contributed by atoms with Gasteiger partial charge >= 0.3 is 0 Å². The van der Waals surface area contributed by atoms with E-state index in [1.165, 1.54) is 18.3 Å². The van der Waals surface area contributed by atoms with Crippen molar-refractivity contribution in [2.45, 2.75) is 11.8 Å². The number of anilines is 1. The monoisotopic (exact) mass is 361 g/mol. The summed E-state index contributed by atoms with van der Waals surface area (Å²) in [6.07, 6.45) is 1.42. The number of halogens is 2. The number of hydrogen-bond acceptors (Lipinski definition) is 4. The van der Waals surface area contributed by atoms with Crippen LogP contribution in [-0.4, -0.2) is 18.4 Å². The Labute approximate surface area is 124 Å². The lowest BCUT2D eigenvalue weighted by atomic mass is 10.3. The van der Waals surface area contributed by atoms with Crippen molar-refractivity contribution in [2.24, 2.45) is 0 Å². The van der Waals surface area contributed by atoms with Gasteiger partial charge in [-0.1, -0.05) is 11.6 Å². The Morgan fingerprint density at radius 2 is 2.05 bits per heavy atom. The normalized spacial score (nSPS) is 11.3. The topological polar surface area (TPSA) is 72.0 Å². The summed E-state index contributed by atoms with van der Waals surface area (Å²) in [4.78, 5) is 7.79. The molecule has 0 radical (unpaired) electrons. The SMILES string of the molecule is Cc1nc(Br)ccc1NS(=O)(=O)c1cccnc1Cl. The molecule has 0 aromatic carbocycles.